The Hall–Kier alpha value is -1.27. The summed E-state index contributed by atoms with van der Waals surface area (Å²) in [5.74, 6) is -1.76. The van der Waals surface area contributed by atoms with Crippen LogP contribution in [0.3, 0.4) is 0 Å². The SMILES string of the molecule is O=C(CCC1CCCCC1)N1CCC(C(=O)O)(C(F)(F)F)C1. The van der Waals surface area contributed by atoms with Crippen LogP contribution in [0.2, 0.25) is 0 Å². The lowest BCUT2D eigenvalue weighted by Gasteiger charge is -2.27. The molecular weight excluding hydrogens is 299 g/mol. The Bertz CT molecular complexity index is 432. The molecule has 1 atom stereocenters. The summed E-state index contributed by atoms with van der Waals surface area (Å²) in [5.41, 5.74) is -2.80. The van der Waals surface area contributed by atoms with E-state index in [9.17, 15) is 22.8 Å². The molecule has 7 heteroatoms. The van der Waals surface area contributed by atoms with E-state index in [0.717, 1.165) is 30.6 Å². The van der Waals surface area contributed by atoms with Crippen LogP contribution in [0.1, 0.15) is 51.4 Å². The second-order valence-corrected chi connectivity index (χ2v) is 6.49. The van der Waals surface area contributed by atoms with Crippen molar-refractivity contribution in [2.45, 2.75) is 57.5 Å². The molecule has 0 spiro atoms. The van der Waals surface area contributed by atoms with Crippen LogP contribution in [0.5, 0.6) is 0 Å². The molecule has 1 saturated carbocycles. The lowest BCUT2D eigenvalue weighted by atomic mass is 9.86. The summed E-state index contributed by atoms with van der Waals surface area (Å²) < 4.78 is 39.2. The maximum absolute atomic E-state index is 13.1. The zero-order valence-corrected chi connectivity index (χ0v) is 12.5. The van der Waals surface area contributed by atoms with Gasteiger partial charge in [0.1, 0.15) is 0 Å². The molecule has 1 saturated heterocycles. The fraction of sp³-hybridized carbons (Fsp3) is 0.867. The zero-order chi connectivity index (χ0) is 16.4. The Kier molecular flexibility index (Phi) is 5.02. The lowest BCUT2D eigenvalue weighted by molar-refractivity contribution is -0.227. The van der Waals surface area contributed by atoms with Crippen LogP contribution in [0.25, 0.3) is 0 Å². The molecule has 0 aromatic carbocycles. The average molecular weight is 321 g/mol. The van der Waals surface area contributed by atoms with Crippen molar-refractivity contribution < 1.29 is 27.9 Å². The van der Waals surface area contributed by atoms with Gasteiger partial charge in [-0.1, -0.05) is 32.1 Å². The molecule has 0 bridgehead atoms. The first-order chi connectivity index (χ1) is 10.3. The number of hydrogen-bond acceptors (Lipinski definition) is 2. The first-order valence-electron chi connectivity index (χ1n) is 7.84. The second kappa shape index (κ2) is 6.46. The van der Waals surface area contributed by atoms with Crippen LogP contribution >= 0.6 is 0 Å². The number of amides is 1. The van der Waals surface area contributed by atoms with Crippen molar-refractivity contribution in [2.75, 3.05) is 13.1 Å². The van der Waals surface area contributed by atoms with E-state index < -0.39 is 30.5 Å². The number of carboxylic acid groups (broad SMARTS) is 1. The number of likely N-dealkylation sites (tertiary alicyclic amines) is 1. The highest BCUT2D eigenvalue weighted by molar-refractivity contribution is 5.81. The summed E-state index contributed by atoms with van der Waals surface area (Å²) in [6, 6.07) is 0. The van der Waals surface area contributed by atoms with Crippen LogP contribution in [0, 0.1) is 11.3 Å². The fourth-order valence-electron chi connectivity index (χ4n) is 3.51. The zero-order valence-electron chi connectivity index (χ0n) is 12.5. The van der Waals surface area contributed by atoms with E-state index in [1.54, 1.807) is 0 Å². The minimum absolute atomic E-state index is 0.130. The smallest absolute Gasteiger partial charge is 0.406 e. The topological polar surface area (TPSA) is 57.6 Å². The van der Waals surface area contributed by atoms with Crippen molar-refractivity contribution in [1.82, 2.24) is 4.90 Å². The van der Waals surface area contributed by atoms with Gasteiger partial charge < -0.3 is 10.0 Å². The average Bonchev–Trinajstić information content (AvgIpc) is 2.92. The van der Waals surface area contributed by atoms with E-state index in [2.05, 4.69) is 0 Å². The first-order valence-corrected chi connectivity index (χ1v) is 7.84. The molecule has 2 aliphatic rings. The second-order valence-electron chi connectivity index (χ2n) is 6.49. The van der Waals surface area contributed by atoms with Crippen LogP contribution in [0.15, 0.2) is 0 Å². The van der Waals surface area contributed by atoms with Gasteiger partial charge in [0.2, 0.25) is 5.91 Å². The number of carbonyl (C=O) groups is 2. The predicted octanol–water partition coefficient (Wildman–Crippen LogP) is 3.21. The van der Waals surface area contributed by atoms with E-state index in [1.165, 1.54) is 6.42 Å². The summed E-state index contributed by atoms with van der Waals surface area (Å²) in [5, 5.41) is 8.97. The molecule has 0 aromatic rings. The van der Waals surface area contributed by atoms with E-state index in [4.69, 9.17) is 5.11 Å². The Balaban J connectivity index is 1.91. The number of carbonyl (C=O) groups excluding carboxylic acids is 1. The van der Waals surface area contributed by atoms with Crippen molar-refractivity contribution in [2.24, 2.45) is 11.3 Å². The number of carboxylic acids is 1. The molecule has 2 rings (SSSR count). The number of aliphatic carboxylic acids is 1. The van der Waals surface area contributed by atoms with Crippen molar-refractivity contribution >= 4 is 11.9 Å². The molecule has 2 fully saturated rings. The highest BCUT2D eigenvalue weighted by Gasteiger charge is 2.64. The lowest BCUT2D eigenvalue weighted by Crippen LogP contribution is -2.47. The van der Waals surface area contributed by atoms with Crippen LogP contribution < -0.4 is 0 Å². The fourth-order valence-corrected chi connectivity index (χ4v) is 3.51. The number of hydrogen-bond donors (Lipinski definition) is 1. The van der Waals surface area contributed by atoms with E-state index in [-0.39, 0.29) is 18.9 Å². The van der Waals surface area contributed by atoms with Gasteiger partial charge in [-0.3, -0.25) is 9.59 Å². The molecule has 4 nitrogen and oxygen atoms in total. The number of rotatable bonds is 4. The van der Waals surface area contributed by atoms with Gasteiger partial charge in [0, 0.05) is 19.5 Å². The quantitative estimate of drug-likeness (QED) is 0.865. The predicted molar refractivity (Wildman–Crippen MR) is 73.1 cm³/mol. The Morgan fingerprint density at radius 3 is 2.32 bits per heavy atom. The van der Waals surface area contributed by atoms with Gasteiger partial charge in [-0.25, -0.2) is 0 Å². The summed E-state index contributed by atoms with van der Waals surface area (Å²) in [6.07, 6.45) is 1.20. The van der Waals surface area contributed by atoms with Crippen LogP contribution in [-0.2, 0) is 9.59 Å². The minimum Gasteiger partial charge on any atom is -0.481 e. The van der Waals surface area contributed by atoms with Crippen molar-refractivity contribution in [3.63, 3.8) is 0 Å². The maximum Gasteiger partial charge on any atom is 0.406 e. The Labute approximate surface area is 127 Å². The third-order valence-electron chi connectivity index (χ3n) is 5.07. The number of nitrogens with zero attached hydrogens (tertiary/aromatic N) is 1. The largest absolute Gasteiger partial charge is 0.481 e. The van der Waals surface area contributed by atoms with Crippen LogP contribution in [-0.4, -0.2) is 41.1 Å². The summed E-state index contributed by atoms with van der Waals surface area (Å²) in [7, 11) is 0. The summed E-state index contributed by atoms with van der Waals surface area (Å²) in [6.45, 7) is -0.884. The monoisotopic (exact) mass is 321 g/mol. The van der Waals surface area contributed by atoms with Crippen molar-refractivity contribution in [3.05, 3.63) is 0 Å². The van der Waals surface area contributed by atoms with Gasteiger partial charge in [0.15, 0.2) is 5.41 Å². The summed E-state index contributed by atoms with van der Waals surface area (Å²) in [4.78, 5) is 24.3. The van der Waals surface area contributed by atoms with Gasteiger partial charge in [-0.15, -0.1) is 0 Å². The molecule has 126 valence electrons. The first kappa shape index (κ1) is 17.1. The molecule has 22 heavy (non-hydrogen) atoms. The molecule has 1 unspecified atom stereocenters. The van der Waals surface area contributed by atoms with E-state index in [1.807, 2.05) is 0 Å². The molecule has 0 radical (unpaired) electrons. The Morgan fingerprint density at radius 1 is 1.18 bits per heavy atom. The third kappa shape index (κ3) is 3.38. The number of halogens is 3. The molecule has 1 heterocycles. The van der Waals surface area contributed by atoms with Crippen LogP contribution in [0.4, 0.5) is 13.2 Å². The maximum atomic E-state index is 13.1. The van der Waals surface area contributed by atoms with E-state index in [0.29, 0.717) is 12.3 Å². The van der Waals surface area contributed by atoms with Crippen molar-refractivity contribution in [1.29, 1.82) is 0 Å². The van der Waals surface area contributed by atoms with Crippen molar-refractivity contribution in [3.8, 4) is 0 Å². The van der Waals surface area contributed by atoms with Gasteiger partial charge in [0.25, 0.3) is 0 Å². The molecule has 1 aliphatic heterocycles. The van der Waals surface area contributed by atoms with Gasteiger partial charge >= 0.3 is 12.1 Å². The van der Waals surface area contributed by atoms with E-state index >= 15 is 0 Å². The Morgan fingerprint density at radius 2 is 1.82 bits per heavy atom. The molecule has 0 aromatic heterocycles. The normalized spacial score (nSPS) is 27.1. The summed E-state index contributed by atoms with van der Waals surface area (Å²) >= 11 is 0. The highest BCUT2D eigenvalue weighted by atomic mass is 19.4. The minimum atomic E-state index is -4.84. The molecule has 1 N–H and O–H groups in total. The third-order valence-corrected chi connectivity index (χ3v) is 5.07. The van der Waals surface area contributed by atoms with Gasteiger partial charge in [-0.2, -0.15) is 13.2 Å². The highest BCUT2D eigenvalue weighted by Crippen LogP contribution is 2.45. The number of alkyl halides is 3. The van der Waals surface area contributed by atoms with Gasteiger partial charge in [-0.05, 0) is 18.8 Å². The molecule has 1 aliphatic carbocycles. The molecule has 1 amide bonds. The van der Waals surface area contributed by atoms with Gasteiger partial charge in [0.05, 0.1) is 0 Å². The molecular formula is C15H22F3NO3. The standard InChI is InChI=1S/C15H22F3NO3/c16-15(17,18)14(13(21)22)8-9-19(10-14)12(20)7-6-11-4-2-1-3-5-11/h11H,1-10H2,(H,21,22).